The molecule has 4 nitrogen and oxygen atoms in total. The van der Waals surface area contributed by atoms with Gasteiger partial charge < -0.3 is 10.6 Å². The van der Waals surface area contributed by atoms with Gasteiger partial charge in [-0.25, -0.2) is 4.98 Å². The zero-order valence-corrected chi connectivity index (χ0v) is 12.9. The molecule has 1 aromatic rings. The summed E-state index contributed by atoms with van der Waals surface area (Å²) in [6, 6.07) is 3.40. The summed E-state index contributed by atoms with van der Waals surface area (Å²) < 4.78 is 0. The molecule has 0 aliphatic heterocycles. The van der Waals surface area contributed by atoms with Crippen molar-refractivity contribution in [2.45, 2.75) is 27.7 Å². The number of aromatic nitrogens is 1. The first-order valence-corrected chi connectivity index (χ1v) is 6.76. The predicted octanol–water partition coefficient (Wildman–Crippen LogP) is 3.19. The first-order chi connectivity index (χ1) is 8.75. The number of nitrogens with one attached hydrogen (secondary N) is 2. The highest BCUT2D eigenvalue weighted by molar-refractivity contribution is 6.33. The fourth-order valence-corrected chi connectivity index (χ4v) is 1.57. The van der Waals surface area contributed by atoms with Crippen LogP contribution < -0.4 is 10.6 Å². The van der Waals surface area contributed by atoms with Crippen molar-refractivity contribution in [2.24, 2.45) is 11.3 Å². The van der Waals surface area contributed by atoms with Gasteiger partial charge in [0.15, 0.2) is 0 Å². The Balaban J connectivity index is 2.74. The molecule has 0 aliphatic rings. The summed E-state index contributed by atoms with van der Waals surface area (Å²) in [6.45, 7) is 9.16. The normalized spacial score (nSPS) is 12.9. The quantitative estimate of drug-likeness (QED) is 0.892. The maximum absolute atomic E-state index is 12.1. The molecule has 0 aliphatic carbocycles. The van der Waals surface area contributed by atoms with Gasteiger partial charge in [-0.05, 0) is 23.5 Å². The van der Waals surface area contributed by atoms with Crippen LogP contribution in [-0.2, 0) is 0 Å². The molecule has 0 saturated carbocycles. The monoisotopic (exact) mass is 283 g/mol. The second kappa shape index (κ2) is 6.24. The van der Waals surface area contributed by atoms with E-state index in [-0.39, 0.29) is 17.0 Å². The number of carbonyl (C=O) groups excluding carboxylic acids is 1. The average molecular weight is 284 g/mol. The minimum atomic E-state index is -0.238. The van der Waals surface area contributed by atoms with E-state index in [2.05, 4.69) is 43.3 Å². The van der Waals surface area contributed by atoms with Gasteiger partial charge >= 0.3 is 0 Å². The number of amides is 1. The van der Waals surface area contributed by atoms with Gasteiger partial charge in [-0.2, -0.15) is 0 Å². The van der Waals surface area contributed by atoms with Crippen LogP contribution in [0.2, 0.25) is 5.02 Å². The molecular formula is C14H22ClN3O. The molecule has 2 N–H and O–H groups in total. The van der Waals surface area contributed by atoms with E-state index in [0.717, 1.165) is 0 Å². The Morgan fingerprint density at radius 1 is 1.42 bits per heavy atom. The minimum Gasteiger partial charge on any atom is -0.373 e. The summed E-state index contributed by atoms with van der Waals surface area (Å²) in [7, 11) is 1.75. The van der Waals surface area contributed by atoms with Crippen LogP contribution in [0.3, 0.4) is 0 Å². The van der Waals surface area contributed by atoms with Crippen LogP contribution in [0.5, 0.6) is 0 Å². The second-order valence-electron chi connectivity index (χ2n) is 5.75. The van der Waals surface area contributed by atoms with Crippen molar-refractivity contribution in [2.75, 3.05) is 18.9 Å². The lowest BCUT2D eigenvalue weighted by molar-refractivity contribution is 0.0932. The number of nitrogens with zero attached hydrogens (tertiary/aromatic N) is 1. The van der Waals surface area contributed by atoms with Gasteiger partial charge in [0.25, 0.3) is 5.91 Å². The molecule has 19 heavy (non-hydrogen) atoms. The van der Waals surface area contributed by atoms with Crippen molar-refractivity contribution < 1.29 is 4.79 Å². The highest BCUT2D eigenvalue weighted by Crippen LogP contribution is 2.24. The van der Waals surface area contributed by atoms with Crippen LogP contribution in [0.1, 0.15) is 38.2 Å². The highest BCUT2D eigenvalue weighted by atomic mass is 35.5. The van der Waals surface area contributed by atoms with E-state index >= 15 is 0 Å². The van der Waals surface area contributed by atoms with Gasteiger partial charge in [-0.3, -0.25) is 4.79 Å². The standard InChI is InChI=1S/C14H22ClN3O/c1-9(14(2,3)4)8-17-13(19)12-10(15)6-7-11(16-5)18-12/h6-7,9H,8H2,1-5H3,(H,16,18)(H,17,19). The van der Waals surface area contributed by atoms with Crippen LogP contribution in [-0.4, -0.2) is 24.5 Å². The van der Waals surface area contributed by atoms with E-state index in [1.807, 2.05) is 0 Å². The van der Waals surface area contributed by atoms with E-state index < -0.39 is 0 Å². The molecule has 1 heterocycles. The topological polar surface area (TPSA) is 54.0 Å². The molecule has 1 aromatic heterocycles. The summed E-state index contributed by atoms with van der Waals surface area (Å²) in [5.41, 5.74) is 0.409. The molecule has 0 aromatic carbocycles. The molecule has 1 rings (SSSR count). The maximum Gasteiger partial charge on any atom is 0.271 e. The molecule has 0 radical (unpaired) electrons. The minimum absolute atomic E-state index is 0.150. The molecule has 1 unspecified atom stereocenters. The van der Waals surface area contributed by atoms with Crippen molar-refractivity contribution in [3.05, 3.63) is 22.8 Å². The fourth-order valence-electron chi connectivity index (χ4n) is 1.38. The molecule has 1 atom stereocenters. The third-order valence-corrected chi connectivity index (χ3v) is 3.67. The Morgan fingerprint density at radius 3 is 2.58 bits per heavy atom. The SMILES string of the molecule is CNc1ccc(Cl)c(C(=O)NCC(C)C(C)(C)C)n1. The molecule has 0 bridgehead atoms. The lowest BCUT2D eigenvalue weighted by atomic mass is 9.82. The Labute approximate surface area is 120 Å². The third kappa shape index (κ3) is 4.39. The van der Waals surface area contributed by atoms with Crippen molar-refractivity contribution in [3.8, 4) is 0 Å². The molecule has 106 valence electrons. The van der Waals surface area contributed by atoms with Crippen LogP contribution >= 0.6 is 11.6 Å². The first-order valence-electron chi connectivity index (χ1n) is 6.38. The number of halogens is 1. The van der Waals surface area contributed by atoms with Crippen LogP contribution in [0, 0.1) is 11.3 Å². The molecule has 0 spiro atoms. The van der Waals surface area contributed by atoms with E-state index in [1.54, 1.807) is 19.2 Å². The third-order valence-electron chi connectivity index (χ3n) is 3.36. The Kier molecular flexibility index (Phi) is 5.18. The second-order valence-corrected chi connectivity index (χ2v) is 6.16. The zero-order chi connectivity index (χ0) is 14.6. The summed E-state index contributed by atoms with van der Waals surface area (Å²) in [6.07, 6.45) is 0. The number of hydrogen-bond acceptors (Lipinski definition) is 3. The van der Waals surface area contributed by atoms with E-state index in [1.165, 1.54) is 0 Å². The number of anilines is 1. The van der Waals surface area contributed by atoms with Gasteiger partial charge in [-0.1, -0.05) is 39.3 Å². The van der Waals surface area contributed by atoms with Crippen molar-refractivity contribution >= 4 is 23.3 Å². The van der Waals surface area contributed by atoms with Crippen LogP contribution in [0.4, 0.5) is 5.82 Å². The van der Waals surface area contributed by atoms with Crippen LogP contribution in [0.25, 0.3) is 0 Å². The molecule has 5 heteroatoms. The van der Waals surface area contributed by atoms with Crippen molar-refractivity contribution in [1.29, 1.82) is 0 Å². The summed E-state index contributed by atoms with van der Waals surface area (Å²) in [5.74, 6) is 0.749. The highest BCUT2D eigenvalue weighted by Gasteiger charge is 2.21. The van der Waals surface area contributed by atoms with Gasteiger partial charge in [0.2, 0.25) is 0 Å². The summed E-state index contributed by atoms with van der Waals surface area (Å²) >= 11 is 6.00. The summed E-state index contributed by atoms with van der Waals surface area (Å²) in [4.78, 5) is 16.3. The zero-order valence-electron chi connectivity index (χ0n) is 12.2. The Hall–Kier alpha value is -1.29. The first kappa shape index (κ1) is 15.8. The number of pyridine rings is 1. The van der Waals surface area contributed by atoms with Crippen LogP contribution in [0.15, 0.2) is 12.1 Å². The lowest BCUT2D eigenvalue weighted by Crippen LogP contribution is -2.34. The van der Waals surface area contributed by atoms with Gasteiger partial charge in [-0.15, -0.1) is 0 Å². The average Bonchev–Trinajstić information content (AvgIpc) is 2.34. The Bertz CT molecular complexity index is 454. The number of hydrogen-bond donors (Lipinski definition) is 2. The molecule has 1 amide bonds. The smallest absolute Gasteiger partial charge is 0.271 e. The van der Waals surface area contributed by atoms with Crippen molar-refractivity contribution in [3.63, 3.8) is 0 Å². The molecular weight excluding hydrogens is 262 g/mol. The predicted molar refractivity (Wildman–Crippen MR) is 79.7 cm³/mol. The maximum atomic E-state index is 12.1. The van der Waals surface area contributed by atoms with E-state index in [0.29, 0.717) is 23.3 Å². The largest absolute Gasteiger partial charge is 0.373 e. The number of carbonyl (C=O) groups is 1. The molecule has 0 saturated heterocycles. The van der Waals surface area contributed by atoms with E-state index in [9.17, 15) is 4.79 Å². The molecule has 0 fully saturated rings. The Morgan fingerprint density at radius 2 is 2.05 bits per heavy atom. The van der Waals surface area contributed by atoms with E-state index in [4.69, 9.17) is 11.6 Å². The summed E-state index contributed by atoms with van der Waals surface area (Å²) in [5, 5.41) is 6.13. The van der Waals surface area contributed by atoms with Gasteiger partial charge in [0.1, 0.15) is 11.5 Å². The number of rotatable bonds is 4. The van der Waals surface area contributed by atoms with Gasteiger partial charge in [0.05, 0.1) is 5.02 Å². The fraction of sp³-hybridized carbons (Fsp3) is 0.571. The van der Waals surface area contributed by atoms with Gasteiger partial charge in [0, 0.05) is 13.6 Å². The van der Waals surface area contributed by atoms with Crippen molar-refractivity contribution in [1.82, 2.24) is 10.3 Å². The lowest BCUT2D eigenvalue weighted by Gasteiger charge is -2.27.